The van der Waals surface area contributed by atoms with Gasteiger partial charge in [0, 0.05) is 22.8 Å². The number of rotatable bonds is 6. The monoisotopic (exact) mass is 569 g/mol. The summed E-state index contributed by atoms with van der Waals surface area (Å²) < 4.78 is 0. The van der Waals surface area contributed by atoms with Gasteiger partial charge in [-0.3, -0.25) is 0 Å². The maximum atomic E-state index is 4.49. The smallest absolute Gasteiger partial charge is 0.669 e. The van der Waals surface area contributed by atoms with E-state index in [2.05, 4.69) is 113 Å². The van der Waals surface area contributed by atoms with Crippen LogP contribution in [-0.4, -0.2) is 67.2 Å². The van der Waals surface area contributed by atoms with Gasteiger partial charge in [0.05, 0.1) is 0 Å². The molecular weight excluding hydrogens is 516 g/mol. The first-order valence-corrected chi connectivity index (χ1v) is 32.6. The van der Waals surface area contributed by atoms with E-state index in [1.165, 1.54) is 0 Å². The van der Waals surface area contributed by atoms with Crippen molar-refractivity contribution in [2.24, 2.45) is 0 Å². The van der Waals surface area contributed by atoms with Gasteiger partial charge >= 0.3 is 32.7 Å². The molecule has 0 saturated heterocycles. The van der Waals surface area contributed by atoms with Gasteiger partial charge in [-0.25, -0.2) is 0 Å². The molecule has 0 aromatic heterocycles. The van der Waals surface area contributed by atoms with Crippen molar-refractivity contribution >= 4 is 46.0 Å². The van der Waals surface area contributed by atoms with Crippen molar-refractivity contribution < 1.29 is 32.7 Å². The van der Waals surface area contributed by atoms with Crippen LogP contribution >= 0.6 is 0 Å². The Morgan fingerprint density at radius 1 is 0.321 bits per heavy atom. The van der Waals surface area contributed by atoms with E-state index >= 15 is 0 Å². The van der Waals surface area contributed by atoms with Gasteiger partial charge in [0.2, 0.25) is 0 Å². The molecule has 0 amide bonds. The van der Waals surface area contributed by atoms with Crippen molar-refractivity contribution in [1.82, 2.24) is 0 Å². The van der Waals surface area contributed by atoms with Gasteiger partial charge in [0.15, 0.2) is 0 Å². The molecule has 0 radical (unpaired) electrons. The topological polar surface area (TPSA) is 42.3 Å². The van der Waals surface area contributed by atoms with Crippen LogP contribution in [0.5, 0.6) is 0 Å². The van der Waals surface area contributed by atoms with Crippen LogP contribution in [0.25, 0.3) is 14.9 Å². The number of hydrogen-bond acceptors (Lipinski definition) is 0. The fourth-order valence-electron chi connectivity index (χ4n) is 1.01. The Balaban J connectivity index is -0.000000152. The molecule has 0 aromatic carbocycles. The van der Waals surface area contributed by atoms with Gasteiger partial charge in [0.1, 0.15) is 0 Å². The first-order valence-electron chi connectivity index (χ1n) is 10.3. The SMILES string of the molecule is C[N-][Si](C)(C)[Si](C)(C)C.C[N-][Si](C)(C)[Si](C)(C)C.C[N-][Si](C)(C)[Si](C)(C)C.[Y+3]. The van der Waals surface area contributed by atoms with Crippen molar-refractivity contribution in [2.45, 2.75) is 98.2 Å². The van der Waals surface area contributed by atoms with Crippen molar-refractivity contribution in [3.63, 3.8) is 0 Å². The summed E-state index contributed by atoms with van der Waals surface area (Å²) in [6.45, 7) is 35.8. The van der Waals surface area contributed by atoms with E-state index in [1.54, 1.807) is 0 Å². The van der Waals surface area contributed by atoms with Crippen LogP contribution in [-0.2, 0) is 32.7 Å². The largest absolute Gasteiger partial charge is 3.00 e. The molecule has 3 nitrogen and oxygen atoms in total. The van der Waals surface area contributed by atoms with Gasteiger partial charge in [-0.15, -0.1) is 0 Å². The number of nitrogens with zero attached hydrogens (tertiary/aromatic N) is 3. The Bertz CT molecular complexity index is 349. The normalized spacial score (nSPS) is 13.5. The molecule has 0 aliphatic rings. The fourth-order valence-corrected chi connectivity index (χ4v) is 9.06. The van der Waals surface area contributed by atoms with Gasteiger partial charge in [-0.1, -0.05) is 121 Å². The van der Waals surface area contributed by atoms with E-state index in [0.717, 1.165) is 0 Å². The van der Waals surface area contributed by atoms with Crippen LogP contribution in [0.2, 0.25) is 98.2 Å². The molecule has 0 rings (SSSR count). The first-order chi connectivity index (χ1) is 11.4. The molecule has 0 unspecified atom stereocenters. The predicted molar refractivity (Wildman–Crippen MR) is 150 cm³/mol. The maximum Gasteiger partial charge on any atom is 3.00 e. The molecule has 0 atom stereocenters. The molecule has 0 saturated carbocycles. The van der Waals surface area contributed by atoms with Crippen molar-refractivity contribution in [2.75, 3.05) is 21.1 Å². The van der Waals surface area contributed by atoms with Crippen molar-refractivity contribution in [1.29, 1.82) is 0 Å². The quantitative estimate of drug-likeness (QED) is 0.293. The summed E-state index contributed by atoms with van der Waals surface area (Å²) in [6.07, 6.45) is 0. The van der Waals surface area contributed by atoms with Crippen molar-refractivity contribution in [3.05, 3.63) is 14.9 Å². The Labute approximate surface area is 211 Å². The second-order valence-corrected chi connectivity index (χ2v) is 60.8. The Kier molecular flexibility index (Phi) is 18.5. The molecular formula is C18H54N3Si6Y. The minimum absolute atomic E-state index is 0. The second kappa shape index (κ2) is 13.7. The summed E-state index contributed by atoms with van der Waals surface area (Å²) in [5, 5.41) is 0. The van der Waals surface area contributed by atoms with E-state index in [0.29, 0.717) is 0 Å². The molecule has 0 aromatic rings. The average Bonchev–Trinajstić information content (AvgIpc) is 2.45. The van der Waals surface area contributed by atoms with E-state index in [-0.39, 0.29) is 32.7 Å². The zero-order valence-electron chi connectivity index (χ0n) is 22.9. The summed E-state index contributed by atoms with van der Waals surface area (Å²) in [7, 11) is -0.153. The summed E-state index contributed by atoms with van der Waals surface area (Å²) in [5.74, 6) is 0. The standard InChI is InChI=1S/3C6H18NSi2.Y/c3*1-7-9(5,6)8(2,3)4;/h3*1-6H3;/q3*-1;+3. The molecule has 0 heterocycles. The zero-order valence-corrected chi connectivity index (χ0v) is 31.8. The zero-order chi connectivity index (χ0) is 23.1. The van der Waals surface area contributed by atoms with Crippen LogP contribution in [0.1, 0.15) is 0 Å². The third-order valence-electron chi connectivity index (χ3n) is 7.18. The van der Waals surface area contributed by atoms with E-state index in [9.17, 15) is 0 Å². The van der Waals surface area contributed by atoms with Gasteiger partial charge in [-0.2, -0.15) is 21.1 Å². The second-order valence-electron chi connectivity index (χ2n) is 12.1. The van der Waals surface area contributed by atoms with Crippen molar-refractivity contribution in [3.8, 4) is 0 Å². The minimum atomic E-state index is -1.11. The maximum absolute atomic E-state index is 4.49. The van der Waals surface area contributed by atoms with Gasteiger partial charge in [-0.05, 0) is 0 Å². The number of hydrogen-bond donors (Lipinski definition) is 0. The Morgan fingerprint density at radius 2 is 0.429 bits per heavy atom. The van der Waals surface area contributed by atoms with E-state index < -0.39 is 46.0 Å². The van der Waals surface area contributed by atoms with Crippen LogP contribution < -0.4 is 0 Å². The third-order valence-corrected chi connectivity index (χ3v) is 56.6. The molecule has 28 heavy (non-hydrogen) atoms. The van der Waals surface area contributed by atoms with Gasteiger partial charge in [0.25, 0.3) is 0 Å². The van der Waals surface area contributed by atoms with E-state index in [4.69, 9.17) is 0 Å². The molecule has 0 aliphatic heterocycles. The molecule has 168 valence electrons. The summed E-state index contributed by atoms with van der Waals surface area (Å²) in [6, 6.07) is 0. The molecule has 0 N–H and O–H groups in total. The first kappa shape index (κ1) is 37.6. The van der Waals surface area contributed by atoms with Crippen LogP contribution in [0.4, 0.5) is 0 Å². The summed E-state index contributed by atoms with van der Waals surface area (Å²) in [4.78, 5) is 13.5. The predicted octanol–water partition coefficient (Wildman–Crippen LogP) is 7.83. The Hall–Kier alpha value is 2.29. The molecule has 0 spiro atoms. The summed E-state index contributed by atoms with van der Waals surface area (Å²) >= 11 is 0. The Morgan fingerprint density at radius 3 is 0.429 bits per heavy atom. The van der Waals surface area contributed by atoms with E-state index in [1.807, 2.05) is 21.1 Å². The van der Waals surface area contributed by atoms with Gasteiger partial charge < -0.3 is 14.9 Å². The third kappa shape index (κ3) is 14.4. The van der Waals surface area contributed by atoms with Crippen LogP contribution in [0, 0.1) is 0 Å². The molecule has 10 heteroatoms. The molecule has 0 fully saturated rings. The fraction of sp³-hybridized carbons (Fsp3) is 1.00. The molecule has 0 bridgehead atoms. The average molecular weight is 570 g/mol. The van der Waals surface area contributed by atoms with Crippen LogP contribution in [0.3, 0.4) is 0 Å². The van der Waals surface area contributed by atoms with Crippen LogP contribution in [0.15, 0.2) is 0 Å². The molecule has 0 aliphatic carbocycles. The summed E-state index contributed by atoms with van der Waals surface area (Å²) in [5.41, 5.74) is 0. The minimum Gasteiger partial charge on any atom is -0.669 e.